The Balaban J connectivity index is 2.84. The molecule has 2 nitrogen and oxygen atoms in total. The van der Waals surface area contributed by atoms with Gasteiger partial charge in [-0.05, 0) is 32.8 Å². The van der Waals surface area contributed by atoms with Gasteiger partial charge in [0.2, 0.25) is 0 Å². The molecule has 0 saturated carbocycles. The van der Waals surface area contributed by atoms with Gasteiger partial charge in [0.15, 0.2) is 0 Å². The van der Waals surface area contributed by atoms with Crippen LogP contribution in [0, 0.1) is 0 Å². The van der Waals surface area contributed by atoms with Crippen LogP contribution in [0.5, 0.6) is 0 Å². The molecule has 0 bridgehead atoms. The second-order valence-corrected chi connectivity index (χ2v) is 3.58. The molecular weight excluding hydrogens is 152 g/mol. The van der Waals surface area contributed by atoms with E-state index in [9.17, 15) is 0 Å². The molecule has 0 saturated heterocycles. The first-order valence-corrected chi connectivity index (χ1v) is 4.27. The van der Waals surface area contributed by atoms with Crippen molar-refractivity contribution < 1.29 is 10.1 Å². The van der Waals surface area contributed by atoms with Gasteiger partial charge in [0.05, 0.1) is 0 Å². The summed E-state index contributed by atoms with van der Waals surface area (Å²) in [5.74, 6) is 0. The fourth-order valence-electron chi connectivity index (χ4n) is 1.54. The SMILES string of the molecule is CC1=CCC(=C(C)C)C(OO)C1. The zero-order chi connectivity index (χ0) is 9.14. The summed E-state index contributed by atoms with van der Waals surface area (Å²) in [4.78, 5) is 4.44. The maximum Gasteiger partial charge on any atom is 0.118 e. The third kappa shape index (κ3) is 1.96. The minimum absolute atomic E-state index is 0.111. The molecule has 1 N–H and O–H groups in total. The highest BCUT2D eigenvalue weighted by Crippen LogP contribution is 2.27. The largest absolute Gasteiger partial charge is 0.251 e. The second kappa shape index (κ2) is 3.87. The van der Waals surface area contributed by atoms with Gasteiger partial charge < -0.3 is 0 Å². The third-order valence-electron chi connectivity index (χ3n) is 2.34. The summed E-state index contributed by atoms with van der Waals surface area (Å²) in [7, 11) is 0. The summed E-state index contributed by atoms with van der Waals surface area (Å²) in [5, 5.41) is 8.67. The highest BCUT2D eigenvalue weighted by Gasteiger charge is 2.19. The van der Waals surface area contributed by atoms with Gasteiger partial charge in [-0.2, -0.15) is 0 Å². The Labute approximate surface area is 73.5 Å². The van der Waals surface area contributed by atoms with Crippen LogP contribution < -0.4 is 0 Å². The Hall–Kier alpha value is -0.600. The van der Waals surface area contributed by atoms with E-state index in [1.165, 1.54) is 16.7 Å². The number of rotatable bonds is 1. The van der Waals surface area contributed by atoms with Gasteiger partial charge in [-0.3, -0.25) is 5.26 Å². The topological polar surface area (TPSA) is 29.5 Å². The molecule has 0 amide bonds. The highest BCUT2D eigenvalue weighted by atomic mass is 17.1. The van der Waals surface area contributed by atoms with Crippen LogP contribution in [0.1, 0.15) is 33.6 Å². The summed E-state index contributed by atoms with van der Waals surface area (Å²) in [6.45, 7) is 6.17. The van der Waals surface area contributed by atoms with E-state index in [2.05, 4.69) is 31.7 Å². The molecule has 1 unspecified atom stereocenters. The Bertz CT molecular complexity index is 222. The van der Waals surface area contributed by atoms with Crippen LogP contribution in [0.4, 0.5) is 0 Å². The van der Waals surface area contributed by atoms with Crippen molar-refractivity contribution in [2.75, 3.05) is 0 Å². The van der Waals surface area contributed by atoms with E-state index < -0.39 is 0 Å². The van der Waals surface area contributed by atoms with Crippen LogP contribution in [0.15, 0.2) is 22.8 Å². The van der Waals surface area contributed by atoms with Gasteiger partial charge in [-0.15, -0.1) is 0 Å². The van der Waals surface area contributed by atoms with Gasteiger partial charge >= 0.3 is 0 Å². The van der Waals surface area contributed by atoms with Crippen molar-refractivity contribution in [1.82, 2.24) is 0 Å². The van der Waals surface area contributed by atoms with Crippen molar-refractivity contribution in [1.29, 1.82) is 0 Å². The molecule has 0 aromatic rings. The van der Waals surface area contributed by atoms with E-state index in [-0.39, 0.29) is 6.10 Å². The van der Waals surface area contributed by atoms with Gasteiger partial charge in [-0.1, -0.05) is 17.2 Å². The van der Waals surface area contributed by atoms with Crippen molar-refractivity contribution in [2.24, 2.45) is 0 Å². The standard InChI is InChI=1S/C10H16O2/c1-7(2)9-5-4-8(3)6-10(9)12-11/h4,10-11H,5-6H2,1-3H3. The molecule has 68 valence electrons. The lowest BCUT2D eigenvalue weighted by molar-refractivity contribution is -0.269. The molecule has 1 rings (SSSR count). The normalized spacial score (nSPS) is 23.8. The predicted octanol–water partition coefficient (Wildman–Crippen LogP) is 2.92. The van der Waals surface area contributed by atoms with Crippen LogP contribution in [0.3, 0.4) is 0 Å². The second-order valence-electron chi connectivity index (χ2n) is 3.58. The molecule has 0 radical (unpaired) electrons. The quantitative estimate of drug-likeness (QED) is 0.370. The van der Waals surface area contributed by atoms with Crippen molar-refractivity contribution in [3.63, 3.8) is 0 Å². The van der Waals surface area contributed by atoms with Crippen LogP contribution in [0.25, 0.3) is 0 Å². The number of hydrogen-bond acceptors (Lipinski definition) is 2. The third-order valence-corrected chi connectivity index (χ3v) is 2.34. The van der Waals surface area contributed by atoms with Crippen LogP contribution in [-0.2, 0) is 4.89 Å². The van der Waals surface area contributed by atoms with Gasteiger partial charge in [0.1, 0.15) is 6.10 Å². The minimum Gasteiger partial charge on any atom is -0.251 e. The maximum atomic E-state index is 8.67. The highest BCUT2D eigenvalue weighted by molar-refractivity contribution is 5.25. The van der Waals surface area contributed by atoms with Gasteiger partial charge in [-0.25, -0.2) is 4.89 Å². The Morgan fingerprint density at radius 2 is 2.25 bits per heavy atom. The summed E-state index contributed by atoms with van der Waals surface area (Å²) >= 11 is 0. The molecule has 1 aliphatic rings. The average Bonchev–Trinajstić information content (AvgIpc) is 2.03. The maximum absolute atomic E-state index is 8.67. The summed E-state index contributed by atoms with van der Waals surface area (Å²) in [6, 6.07) is 0. The Kier molecular flexibility index (Phi) is 3.06. The van der Waals surface area contributed by atoms with Crippen LogP contribution in [0.2, 0.25) is 0 Å². The monoisotopic (exact) mass is 168 g/mol. The van der Waals surface area contributed by atoms with Crippen molar-refractivity contribution in [3.05, 3.63) is 22.8 Å². The molecule has 12 heavy (non-hydrogen) atoms. The van der Waals surface area contributed by atoms with E-state index in [1.807, 2.05) is 0 Å². The smallest absolute Gasteiger partial charge is 0.118 e. The minimum atomic E-state index is -0.111. The fourth-order valence-corrected chi connectivity index (χ4v) is 1.54. The van der Waals surface area contributed by atoms with E-state index in [0.29, 0.717) is 0 Å². The molecule has 1 atom stereocenters. The lowest BCUT2D eigenvalue weighted by Crippen LogP contribution is -2.18. The molecule has 0 fully saturated rings. The Morgan fingerprint density at radius 3 is 2.75 bits per heavy atom. The van der Waals surface area contributed by atoms with E-state index in [1.54, 1.807) is 0 Å². The average molecular weight is 168 g/mol. The van der Waals surface area contributed by atoms with E-state index in [0.717, 1.165) is 12.8 Å². The first kappa shape index (κ1) is 9.49. The zero-order valence-corrected chi connectivity index (χ0v) is 7.92. The molecule has 0 aliphatic heterocycles. The first-order valence-electron chi connectivity index (χ1n) is 4.27. The summed E-state index contributed by atoms with van der Waals surface area (Å²) in [5.41, 5.74) is 3.75. The first-order chi connectivity index (χ1) is 5.65. The fraction of sp³-hybridized carbons (Fsp3) is 0.600. The molecule has 0 aromatic heterocycles. The van der Waals surface area contributed by atoms with Gasteiger partial charge in [0, 0.05) is 6.42 Å². The van der Waals surface area contributed by atoms with Crippen molar-refractivity contribution in [2.45, 2.75) is 39.7 Å². The number of allylic oxidation sites excluding steroid dienone is 2. The summed E-state index contributed by atoms with van der Waals surface area (Å²) < 4.78 is 0. The summed E-state index contributed by atoms with van der Waals surface area (Å²) in [6.07, 6.45) is 3.81. The predicted molar refractivity (Wildman–Crippen MR) is 48.9 cm³/mol. The zero-order valence-electron chi connectivity index (χ0n) is 7.92. The number of hydrogen-bond donors (Lipinski definition) is 1. The molecule has 1 aliphatic carbocycles. The lowest BCUT2D eigenvalue weighted by Gasteiger charge is -2.22. The van der Waals surface area contributed by atoms with Crippen molar-refractivity contribution in [3.8, 4) is 0 Å². The molecule has 0 heterocycles. The van der Waals surface area contributed by atoms with E-state index >= 15 is 0 Å². The van der Waals surface area contributed by atoms with Crippen molar-refractivity contribution >= 4 is 0 Å². The molecule has 0 aromatic carbocycles. The van der Waals surface area contributed by atoms with Crippen LogP contribution >= 0.6 is 0 Å². The van der Waals surface area contributed by atoms with Gasteiger partial charge in [0.25, 0.3) is 0 Å². The lowest BCUT2D eigenvalue weighted by atomic mass is 9.90. The van der Waals surface area contributed by atoms with Crippen LogP contribution in [-0.4, -0.2) is 11.4 Å². The van der Waals surface area contributed by atoms with E-state index in [4.69, 9.17) is 5.26 Å². The molecule has 0 spiro atoms. The Morgan fingerprint density at radius 1 is 1.58 bits per heavy atom. The molecule has 2 heteroatoms. The molecular formula is C10H16O2.